The molecule has 11 heteroatoms. The van der Waals surface area contributed by atoms with E-state index in [0.29, 0.717) is 12.4 Å². The Kier molecular flexibility index (Phi) is 9.10. The average molecular weight is 598 g/mol. The fourth-order valence-corrected chi connectivity index (χ4v) is 5.82. The van der Waals surface area contributed by atoms with E-state index in [-0.39, 0.29) is 35.4 Å². The summed E-state index contributed by atoms with van der Waals surface area (Å²) in [4.78, 5) is 28.4. The summed E-state index contributed by atoms with van der Waals surface area (Å²) in [5, 5.41) is 2.89. The first kappa shape index (κ1) is 30.8. The number of fused-ring (bicyclic) bond motifs is 1. The van der Waals surface area contributed by atoms with Crippen molar-refractivity contribution in [3.05, 3.63) is 83.7 Å². The number of hydrogen-bond donors (Lipinski definition) is 1. The van der Waals surface area contributed by atoms with Gasteiger partial charge in [-0.05, 0) is 76.6 Å². The number of anilines is 1. The number of amides is 2. The number of rotatable bonds is 9. The number of carbonyl (C=O) groups is 2. The van der Waals surface area contributed by atoms with Gasteiger partial charge >= 0.3 is 0 Å². The van der Waals surface area contributed by atoms with Crippen molar-refractivity contribution in [3.8, 4) is 11.5 Å². The number of carbonyl (C=O) groups excluding carboxylic acids is 2. The van der Waals surface area contributed by atoms with Crippen LogP contribution < -0.4 is 19.1 Å². The smallest absolute Gasteiger partial charge is 0.264 e. The highest BCUT2D eigenvalue weighted by Crippen LogP contribution is 2.34. The van der Waals surface area contributed by atoms with Gasteiger partial charge in [0.25, 0.3) is 10.0 Å². The third-order valence-electron chi connectivity index (χ3n) is 6.63. The molecule has 1 heterocycles. The zero-order chi connectivity index (χ0) is 30.7. The predicted molar refractivity (Wildman–Crippen MR) is 157 cm³/mol. The van der Waals surface area contributed by atoms with Crippen molar-refractivity contribution in [1.82, 2.24) is 10.2 Å². The second kappa shape index (κ2) is 12.4. The number of aryl methyl sites for hydroxylation is 1. The summed E-state index contributed by atoms with van der Waals surface area (Å²) in [7, 11) is -4.35. The maximum absolute atomic E-state index is 14.0. The SMILES string of the molecule is Cc1ccc(CN(C(=O)CN(c2ccc(F)cc2)S(=O)(=O)c2ccc3c(c2)OCCO3)[C@H](C)C(=O)NC(C)(C)C)cc1. The van der Waals surface area contributed by atoms with E-state index in [2.05, 4.69) is 5.32 Å². The summed E-state index contributed by atoms with van der Waals surface area (Å²) in [6.07, 6.45) is 0. The molecule has 0 saturated heterocycles. The van der Waals surface area contributed by atoms with Gasteiger partial charge in [0.05, 0.1) is 10.6 Å². The molecule has 9 nitrogen and oxygen atoms in total. The van der Waals surface area contributed by atoms with Gasteiger partial charge in [0, 0.05) is 18.2 Å². The lowest BCUT2D eigenvalue weighted by molar-refractivity contribution is -0.140. The van der Waals surface area contributed by atoms with Gasteiger partial charge < -0.3 is 19.7 Å². The second-order valence-corrected chi connectivity index (χ2v) is 13.1. The van der Waals surface area contributed by atoms with Gasteiger partial charge in [-0.25, -0.2) is 12.8 Å². The van der Waals surface area contributed by atoms with Gasteiger partial charge in [0.2, 0.25) is 11.8 Å². The summed E-state index contributed by atoms with van der Waals surface area (Å²) >= 11 is 0. The van der Waals surface area contributed by atoms with Crippen LogP contribution in [0.15, 0.2) is 71.6 Å². The highest BCUT2D eigenvalue weighted by molar-refractivity contribution is 7.92. The second-order valence-electron chi connectivity index (χ2n) is 11.2. The highest BCUT2D eigenvalue weighted by atomic mass is 32.2. The molecule has 42 heavy (non-hydrogen) atoms. The van der Waals surface area contributed by atoms with Crippen molar-refractivity contribution in [1.29, 1.82) is 0 Å². The normalized spacial score (nSPS) is 13.7. The van der Waals surface area contributed by atoms with E-state index in [1.807, 2.05) is 52.0 Å². The molecular formula is C31H36FN3O6S. The number of halogens is 1. The molecule has 2 amide bonds. The fourth-order valence-electron chi connectivity index (χ4n) is 4.39. The monoisotopic (exact) mass is 597 g/mol. The Morgan fingerprint density at radius 1 is 0.952 bits per heavy atom. The van der Waals surface area contributed by atoms with E-state index >= 15 is 0 Å². The lowest BCUT2D eigenvalue weighted by atomic mass is 10.1. The average Bonchev–Trinajstić information content (AvgIpc) is 2.94. The quantitative estimate of drug-likeness (QED) is 0.391. The number of nitrogens with one attached hydrogen (secondary N) is 1. The van der Waals surface area contributed by atoms with Gasteiger partial charge in [-0.1, -0.05) is 29.8 Å². The van der Waals surface area contributed by atoms with Crippen molar-refractivity contribution in [2.75, 3.05) is 24.1 Å². The molecule has 0 bridgehead atoms. The van der Waals surface area contributed by atoms with Crippen LogP contribution in [0.5, 0.6) is 11.5 Å². The molecule has 3 aromatic rings. The van der Waals surface area contributed by atoms with Gasteiger partial charge in [-0.3, -0.25) is 13.9 Å². The Hall–Kier alpha value is -4.12. The zero-order valence-electron chi connectivity index (χ0n) is 24.4. The minimum absolute atomic E-state index is 0.0686. The maximum Gasteiger partial charge on any atom is 0.264 e. The first-order chi connectivity index (χ1) is 19.7. The lowest BCUT2D eigenvalue weighted by Crippen LogP contribution is -2.54. The third kappa shape index (κ3) is 7.39. The summed E-state index contributed by atoms with van der Waals surface area (Å²) in [5.41, 5.74) is 1.34. The van der Waals surface area contributed by atoms with Gasteiger partial charge in [0.1, 0.15) is 31.6 Å². The molecule has 1 atom stereocenters. The topological polar surface area (TPSA) is 105 Å². The van der Waals surface area contributed by atoms with Crippen LogP contribution in [-0.4, -0.2) is 56.5 Å². The third-order valence-corrected chi connectivity index (χ3v) is 8.40. The molecule has 0 unspecified atom stereocenters. The summed E-state index contributed by atoms with van der Waals surface area (Å²) < 4.78 is 53.9. The van der Waals surface area contributed by atoms with Crippen LogP contribution in [-0.2, 0) is 26.2 Å². The molecule has 0 spiro atoms. The molecule has 1 aliphatic heterocycles. The number of ether oxygens (including phenoxy) is 2. The molecule has 1 aliphatic rings. The summed E-state index contributed by atoms with van der Waals surface area (Å²) in [5.74, 6) is -0.882. The van der Waals surface area contributed by atoms with Crippen LogP contribution in [0, 0.1) is 12.7 Å². The number of benzene rings is 3. The van der Waals surface area contributed by atoms with Crippen LogP contribution in [0.2, 0.25) is 0 Å². The summed E-state index contributed by atoms with van der Waals surface area (Å²) in [6, 6.07) is 15.6. The number of sulfonamides is 1. The van der Waals surface area contributed by atoms with Crippen molar-refractivity contribution in [2.45, 2.75) is 57.6 Å². The van der Waals surface area contributed by atoms with Gasteiger partial charge in [-0.15, -0.1) is 0 Å². The van der Waals surface area contributed by atoms with Crippen LogP contribution in [0.3, 0.4) is 0 Å². The van der Waals surface area contributed by atoms with Crippen LogP contribution in [0.25, 0.3) is 0 Å². The van der Waals surface area contributed by atoms with E-state index in [4.69, 9.17) is 9.47 Å². The first-order valence-electron chi connectivity index (χ1n) is 13.6. The Morgan fingerprint density at radius 3 is 2.19 bits per heavy atom. The van der Waals surface area contributed by atoms with Gasteiger partial charge in [-0.2, -0.15) is 0 Å². The molecule has 0 radical (unpaired) electrons. The van der Waals surface area contributed by atoms with E-state index in [9.17, 15) is 22.4 Å². The van der Waals surface area contributed by atoms with Crippen molar-refractivity contribution < 1.29 is 31.9 Å². The number of nitrogens with zero attached hydrogens (tertiary/aromatic N) is 2. The molecule has 0 saturated carbocycles. The van der Waals surface area contributed by atoms with Crippen LogP contribution >= 0.6 is 0 Å². The molecule has 4 rings (SSSR count). The van der Waals surface area contributed by atoms with Crippen molar-refractivity contribution in [3.63, 3.8) is 0 Å². The lowest BCUT2D eigenvalue weighted by Gasteiger charge is -2.33. The first-order valence-corrected chi connectivity index (χ1v) is 15.0. The Morgan fingerprint density at radius 2 is 1.57 bits per heavy atom. The molecule has 3 aromatic carbocycles. The minimum Gasteiger partial charge on any atom is -0.486 e. The van der Waals surface area contributed by atoms with Crippen LogP contribution in [0.4, 0.5) is 10.1 Å². The molecule has 0 fully saturated rings. The van der Waals surface area contributed by atoms with Gasteiger partial charge in [0.15, 0.2) is 11.5 Å². The molecule has 224 valence electrons. The van der Waals surface area contributed by atoms with E-state index < -0.39 is 39.9 Å². The van der Waals surface area contributed by atoms with E-state index in [0.717, 1.165) is 27.6 Å². The predicted octanol–water partition coefficient (Wildman–Crippen LogP) is 4.43. The van der Waals surface area contributed by atoms with Crippen molar-refractivity contribution >= 4 is 27.5 Å². The van der Waals surface area contributed by atoms with E-state index in [1.54, 1.807) is 6.92 Å². The minimum atomic E-state index is -4.35. The Labute approximate surface area is 246 Å². The molecular weight excluding hydrogens is 561 g/mol. The van der Waals surface area contributed by atoms with E-state index in [1.165, 1.54) is 35.2 Å². The highest BCUT2D eigenvalue weighted by Gasteiger charge is 2.34. The zero-order valence-corrected chi connectivity index (χ0v) is 25.2. The van der Waals surface area contributed by atoms with Crippen molar-refractivity contribution in [2.24, 2.45) is 0 Å². The number of hydrogen-bond acceptors (Lipinski definition) is 6. The molecule has 0 aliphatic carbocycles. The van der Waals surface area contributed by atoms with Crippen LogP contribution in [0.1, 0.15) is 38.8 Å². The maximum atomic E-state index is 14.0. The Balaban J connectivity index is 1.72. The Bertz CT molecular complexity index is 1540. The molecule has 0 aromatic heterocycles. The summed E-state index contributed by atoms with van der Waals surface area (Å²) in [6.45, 7) is 9.08. The standard InChI is InChI=1S/C31H36FN3O6S/c1-21-6-8-23(9-7-21)19-34(22(2)30(37)33-31(3,4)5)29(36)20-35(25-12-10-24(32)11-13-25)42(38,39)26-14-15-27-28(18-26)41-17-16-40-27/h6-15,18,22H,16-17,19-20H2,1-5H3,(H,33,37)/t22-/m1/s1. The fraction of sp³-hybridized carbons (Fsp3) is 0.355. The largest absolute Gasteiger partial charge is 0.486 e. The molecule has 1 N–H and O–H groups in total.